The van der Waals surface area contributed by atoms with E-state index in [4.69, 9.17) is 0 Å². The molecule has 0 unspecified atom stereocenters. The lowest BCUT2D eigenvalue weighted by Crippen LogP contribution is -2.23. The highest BCUT2D eigenvalue weighted by molar-refractivity contribution is 5.92. The fraction of sp³-hybridized carbons (Fsp3) is 0.417. The number of hydrogen-bond acceptors (Lipinski definition) is 3. The number of alkyl halides is 3. The van der Waals surface area contributed by atoms with Crippen LogP contribution in [-0.2, 0) is 26.8 Å². The minimum atomic E-state index is -4.54. The molecule has 2 aromatic rings. The summed E-state index contributed by atoms with van der Waals surface area (Å²) < 4.78 is 40.2. The highest BCUT2D eigenvalue weighted by Gasteiger charge is 2.35. The van der Waals surface area contributed by atoms with Crippen LogP contribution in [0.15, 0.2) is 12.3 Å². The van der Waals surface area contributed by atoms with Gasteiger partial charge in [0.15, 0.2) is 5.69 Å². The number of hydrogen-bond donors (Lipinski definition) is 1. The molecule has 1 amide bonds. The van der Waals surface area contributed by atoms with Crippen LogP contribution in [-0.4, -0.2) is 25.5 Å². The van der Waals surface area contributed by atoms with E-state index < -0.39 is 17.8 Å². The number of aromatic nitrogens is 4. The molecule has 0 bridgehead atoms. The van der Waals surface area contributed by atoms with Gasteiger partial charge in [-0.25, -0.2) is 0 Å². The number of amides is 1. The third kappa shape index (κ3) is 3.06. The van der Waals surface area contributed by atoms with Gasteiger partial charge in [0, 0.05) is 38.0 Å². The van der Waals surface area contributed by atoms with E-state index in [2.05, 4.69) is 15.5 Å². The van der Waals surface area contributed by atoms with Crippen molar-refractivity contribution in [1.82, 2.24) is 24.9 Å². The predicted octanol–water partition coefficient (Wildman–Crippen LogP) is 1.41. The minimum Gasteiger partial charge on any atom is -0.346 e. The highest BCUT2D eigenvalue weighted by atomic mass is 19.4. The van der Waals surface area contributed by atoms with Gasteiger partial charge in [0.25, 0.3) is 5.91 Å². The number of carbonyl (C=O) groups excluding carboxylic acids is 1. The van der Waals surface area contributed by atoms with E-state index in [1.54, 1.807) is 17.9 Å². The van der Waals surface area contributed by atoms with Gasteiger partial charge in [-0.2, -0.15) is 23.4 Å². The Labute approximate surface area is 118 Å². The number of halogens is 3. The van der Waals surface area contributed by atoms with Crippen molar-refractivity contribution in [2.24, 2.45) is 14.1 Å². The second-order valence-corrected chi connectivity index (χ2v) is 4.60. The van der Waals surface area contributed by atoms with E-state index in [0.29, 0.717) is 4.68 Å². The molecule has 2 aromatic heterocycles. The molecule has 2 heterocycles. The van der Waals surface area contributed by atoms with Crippen LogP contribution in [0.1, 0.15) is 27.4 Å². The van der Waals surface area contributed by atoms with Gasteiger partial charge in [0.1, 0.15) is 5.69 Å². The second-order valence-electron chi connectivity index (χ2n) is 4.60. The maximum Gasteiger partial charge on any atom is 0.433 e. The van der Waals surface area contributed by atoms with Gasteiger partial charge in [0.05, 0.1) is 6.20 Å². The monoisotopic (exact) mass is 301 g/mol. The summed E-state index contributed by atoms with van der Waals surface area (Å²) in [5.41, 5.74) is 0.418. The SMILES string of the molecule is Cc1c(CNC(=O)c2cc(C(F)(F)F)n(C)n2)cnn1C. The topological polar surface area (TPSA) is 64.7 Å². The van der Waals surface area contributed by atoms with E-state index in [9.17, 15) is 18.0 Å². The summed E-state index contributed by atoms with van der Waals surface area (Å²) in [6.07, 6.45) is -2.95. The van der Waals surface area contributed by atoms with E-state index in [1.807, 2.05) is 6.92 Å². The van der Waals surface area contributed by atoms with Crippen LogP contribution in [0.2, 0.25) is 0 Å². The molecule has 21 heavy (non-hydrogen) atoms. The predicted molar refractivity (Wildman–Crippen MR) is 67.3 cm³/mol. The minimum absolute atomic E-state index is 0.177. The van der Waals surface area contributed by atoms with Crippen molar-refractivity contribution in [3.8, 4) is 0 Å². The molecule has 0 saturated heterocycles. The molecule has 9 heteroatoms. The number of nitrogens with one attached hydrogen (secondary N) is 1. The normalized spacial score (nSPS) is 11.7. The first kappa shape index (κ1) is 15.1. The lowest BCUT2D eigenvalue weighted by Gasteiger charge is -2.04. The smallest absolute Gasteiger partial charge is 0.346 e. The van der Waals surface area contributed by atoms with E-state index in [1.165, 1.54) is 0 Å². The summed E-state index contributed by atoms with van der Waals surface area (Å²) in [7, 11) is 2.90. The summed E-state index contributed by atoms with van der Waals surface area (Å²) in [5, 5.41) is 10.1. The number of rotatable bonds is 3. The maximum absolute atomic E-state index is 12.6. The average molecular weight is 301 g/mol. The number of carbonyl (C=O) groups is 1. The Hall–Kier alpha value is -2.32. The third-order valence-corrected chi connectivity index (χ3v) is 3.18. The molecule has 0 aliphatic carbocycles. The number of nitrogens with zero attached hydrogens (tertiary/aromatic N) is 4. The fourth-order valence-corrected chi connectivity index (χ4v) is 1.83. The first-order valence-corrected chi connectivity index (χ1v) is 6.07. The van der Waals surface area contributed by atoms with Gasteiger partial charge in [-0.3, -0.25) is 14.2 Å². The quantitative estimate of drug-likeness (QED) is 0.932. The zero-order valence-corrected chi connectivity index (χ0v) is 11.7. The average Bonchev–Trinajstić information content (AvgIpc) is 2.92. The first-order valence-electron chi connectivity index (χ1n) is 6.07. The standard InChI is InChI=1S/C12H14F3N5O/c1-7-8(6-17-19(7)2)5-16-11(21)9-4-10(12(13,14)15)20(3)18-9/h4,6H,5H2,1-3H3,(H,16,21). The molecular formula is C12H14F3N5O. The van der Waals surface area contributed by atoms with Gasteiger partial charge < -0.3 is 5.32 Å². The Kier molecular flexibility index (Phi) is 3.75. The van der Waals surface area contributed by atoms with Crippen molar-refractivity contribution in [3.63, 3.8) is 0 Å². The highest BCUT2D eigenvalue weighted by Crippen LogP contribution is 2.29. The largest absolute Gasteiger partial charge is 0.433 e. The van der Waals surface area contributed by atoms with Crippen molar-refractivity contribution in [2.45, 2.75) is 19.6 Å². The molecule has 0 aliphatic heterocycles. The Bertz CT molecular complexity index is 671. The summed E-state index contributed by atoms with van der Waals surface area (Å²) in [6.45, 7) is 2.01. The van der Waals surface area contributed by atoms with E-state index >= 15 is 0 Å². The van der Waals surface area contributed by atoms with Gasteiger partial charge in [0.2, 0.25) is 0 Å². The molecule has 6 nitrogen and oxygen atoms in total. The zero-order chi connectivity index (χ0) is 15.8. The van der Waals surface area contributed by atoms with Crippen LogP contribution < -0.4 is 5.32 Å². The molecule has 0 saturated carbocycles. The van der Waals surface area contributed by atoms with Gasteiger partial charge in [-0.1, -0.05) is 0 Å². The summed E-state index contributed by atoms with van der Waals surface area (Å²) in [5.74, 6) is -0.663. The van der Waals surface area contributed by atoms with Crippen molar-refractivity contribution < 1.29 is 18.0 Å². The lowest BCUT2D eigenvalue weighted by molar-refractivity contribution is -0.143. The lowest BCUT2D eigenvalue weighted by atomic mass is 10.2. The van der Waals surface area contributed by atoms with Crippen LogP contribution in [0, 0.1) is 6.92 Å². The number of aryl methyl sites for hydroxylation is 2. The Morgan fingerprint density at radius 2 is 2.00 bits per heavy atom. The van der Waals surface area contributed by atoms with Crippen LogP contribution in [0.3, 0.4) is 0 Å². The molecule has 0 radical (unpaired) electrons. The van der Waals surface area contributed by atoms with Gasteiger partial charge >= 0.3 is 6.18 Å². The Morgan fingerprint density at radius 1 is 1.33 bits per heavy atom. The molecule has 1 N–H and O–H groups in total. The van der Waals surface area contributed by atoms with E-state index in [-0.39, 0.29) is 12.2 Å². The zero-order valence-electron chi connectivity index (χ0n) is 11.7. The van der Waals surface area contributed by atoms with Gasteiger partial charge in [-0.05, 0) is 6.92 Å². The van der Waals surface area contributed by atoms with Crippen LogP contribution in [0.4, 0.5) is 13.2 Å². The summed E-state index contributed by atoms with van der Waals surface area (Å²) >= 11 is 0. The first-order chi connectivity index (χ1) is 9.70. The molecular weight excluding hydrogens is 287 g/mol. The van der Waals surface area contributed by atoms with Crippen molar-refractivity contribution >= 4 is 5.91 Å². The van der Waals surface area contributed by atoms with Crippen molar-refractivity contribution in [3.05, 3.63) is 34.9 Å². The molecule has 114 valence electrons. The van der Waals surface area contributed by atoms with Crippen LogP contribution >= 0.6 is 0 Å². The molecule has 2 rings (SSSR count). The third-order valence-electron chi connectivity index (χ3n) is 3.18. The molecule has 0 spiro atoms. The molecule has 0 aromatic carbocycles. The van der Waals surface area contributed by atoms with Crippen molar-refractivity contribution in [2.75, 3.05) is 0 Å². The summed E-state index contributed by atoms with van der Waals surface area (Å²) in [4.78, 5) is 11.8. The fourth-order valence-electron chi connectivity index (χ4n) is 1.83. The van der Waals surface area contributed by atoms with E-state index in [0.717, 1.165) is 24.4 Å². The second kappa shape index (κ2) is 5.23. The van der Waals surface area contributed by atoms with Crippen molar-refractivity contribution in [1.29, 1.82) is 0 Å². The summed E-state index contributed by atoms with van der Waals surface area (Å²) in [6, 6.07) is 0.728. The van der Waals surface area contributed by atoms with Gasteiger partial charge in [-0.15, -0.1) is 0 Å². The molecule has 0 aliphatic rings. The maximum atomic E-state index is 12.6. The molecule has 0 atom stereocenters. The Balaban J connectivity index is 2.09. The van der Waals surface area contributed by atoms with Crippen LogP contribution in [0.5, 0.6) is 0 Å². The van der Waals surface area contributed by atoms with Crippen LogP contribution in [0.25, 0.3) is 0 Å². The Morgan fingerprint density at radius 3 is 2.48 bits per heavy atom. The molecule has 0 fully saturated rings.